The highest BCUT2D eigenvalue weighted by molar-refractivity contribution is 8.15. The van der Waals surface area contributed by atoms with E-state index in [-0.39, 0.29) is 22.3 Å². The highest BCUT2D eigenvalue weighted by Crippen LogP contribution is 2.23. The second-order valence-corrected chi connectivity index (χ2v) is 6.83. The lowest BCUT2D eigenvalue weighted by atomic mass is 10.1. The molecule has 0 saturated carbocycles. The van der Waals surface area contributed by atoms with E-state index in [1.54, 1.807) is 18.3 Å². The van der Waals surface area contributed by atoms with Crippen molar-refractivity contribution in [1.29, 1.82) is 0 Å². The van der Waals surface area contributed by atoms with Gasteiger partial charge in [-0.15, -0.1) is 0 Å². The highest BCUT2D eigenvalue weighted by atomic mass is 32.2. The summed E-state index contributed by atoms with van der Waals surface area (Å²) in [6, 6.07) is 11.3. The zero-order chi connectivity index (χ0) is 17.6. The van der Waals surface area contributed by atoms with Crippen molar-refractivity contribution in [3.8, 4) is 0 Å². The summed E-state index contributed by atoms with van der Waals surface area (Å²) in [7, 11) is 0. The Morgan fingerprint density at radius 3 is 2.56 bits per heavy atom. The highest BCUT2D eigenvalue weighted by Gasteiger charge is 2.31. The normalized spacial score (nSPS) is 16.6. The van der Waals surface area contributed by atoms with E-state index in [1.807, 2.05) is 24.3 Å². The molecule has 1 saturated heterocycles. The van der Waals surface area contributed by atoms with Crippen LogP contribution in [0.4, 0.5) is 4.79 Å². The third-order valence-corrected chi connectivity index (χ3v) is 4.82. The summed E-state index contributed by atoms with van der Waals surface area (Å²) in [5.74, 6) is -0.365. The number of benzene rings is 1. The molecule has 6 nitrogen and oxygen atoms in total. The van der Waals surface area contributed by atoms with Crippen LogP contribution in [0.3, 0.4) is 0 Å². The number of pyridine rings is 1. The first-order chi connectivity index (χ1) is 12.1. The Bertz CT molecular complexity index is 778. The van der Waals surface area contributed by atoms with Gasteiger partial charge in [0.05, 0.1) is 10.8 Å². The van der Waals surface area contributed by atoms with Gasteiger partial charge in [0.1, 0.15) is 0 Å². The molecule has 0 spiro atoms. The van der Waals surface area contributed by atoms with Crippen LogP contribution < -0.4 is 10.6 Å². The fourth-order valence-corrected chi connectivity index (χ4v) is 3.36. The maximum atomic E-state index is 11.9. The van der Waals surface area contributed by atoms with Crippen molar-refractivity contribution in [2.24, 2.45) is 0 Å². The Balaban J connectivity index is 1.47. The van der Waals surface area contributed by atoms with Crippen LogP contribution in [0, 0.1) is 0 Å². The molecule has 128 valence electrons. The standard InChI is InChI=1S/C18H17N3O3S/c22-16(14-2-1-8-19-11-14)20-9-7-12-3-5-13(6-4-12)10-15-17(23)21-18(24)25-15/h1-6,8,11,15H,7,9-10H2,(H,20,22)(H,21,23,24). The van der Waals surface area contributed by atoms with Gasteiger partial charge in [-0.1, -0.05) is 36.0 Å². The Labute approximate surface area is 149 Å². The SMILES string of the molecule is O=C1NC(=O)C(Cc2ccc(CCNC(=O)c3cccnc3)cc2)S1. The summed E-state index contributed by atoms with van der Waals surface area (Å²) >= 11 is 1.04. The molecular weight excluding hydrogens is 338 g/mol. The van der Waals surface area contributed by atoms with E-state index in [2.05, 4.69) is 15.6 Å². The van der Waals surface area contributed by atoms with E-state index in [1.165, 1.54) is 6.20 Å². The first-order valence-electron chi connectivity index (χ1n) is 7.89. The number of imide groups is 1. The number of nitrogens with zero attached hydrogens (tertiary/aromatic N) is 1. The first kappa shape index (κ1) is 17.2. The molecule has 2 heterocycles. The van der Waals surface area contributed by atoms with Crippen LogP contribution in [-0.4, -0.2) is 33.8 Å². The summed E-state index contributed by atoms with van der Waals surface area (Å²) in [5.41, 5.74) is 2.64. The second-order valence-electron chi connectivity index (χ2n) is 5.65. The van der Waals surface area contributed by atoms with Gasteiger partial charge >= 0.3 is 0 Å². The maximum absolute atomic E-state index is 11.9. The second kappa shape index (κ2) is 7.94. The van der Waals surface area contributed by atoms with Gasteiger partial charge in [-0.05, 0) is 36.1 Å². The van der Waals surface area contributed by atoms with Crippen LogP contribution in [0.2, 0.25) is 0 Å². The number of aromatic nitrogens is 1. The van der Waals surface area contributed by atoms with Gasteiger partial charge in [-0.2, -0.15) is 0 Å². The minimum Gasteiger partial charge on any atom is -0.352 e. The number of carbonyl (C=O) groups is 3. The minimum absolute atomic E-state index is 0.140. The van der Waals surface area contributed by atoms with Crippen LogP contribution in [0.15, 0.2) is 48.8 Å². The summed E-state index contributed by atoms with van der Waals surface area (Å²) in [6.45, 7) is 0.530. The predicted octanol–water partition coefficient (Wildman–Crippen LogP) is 1.95. The molecule has 0 bridgehead atoms. The third-order valence-electron chi connectivity index (χ3n) is 3.83. The molecule has 0 aliphatic carbocycles. The van der Waals surface area contributed by atoms with E-state index in [0.29, 0.717) is 24.9 Å². The number of nitrogens with one attached hydrogen (secondary N) is 2. The van der Waals surface area contributed by atoms with E-state index in [0.717, 1.165) is 22.9 Å². The van der Waals surface area contributed by atoms with Gasteiger partial charge < -0.3 is 5.32 Å². The first-order valence-corrected chi connectivity index (χ1v) is 8.77. The predicted molar refractivity (Wildman–Crippen MR) is 95.3 cm³/mol. The summed E-state index contributed by atoms with van der Waals surface area (Å²) in [6.07, 6.45) is 4.40. The number of hydrogen-bond donors (Lipinski definition) is 2. The Kier molecular flexibility index (Phi) is 5.45. The van der Waals surface area contributed by atoms with Crippen molar-refractivity contribution in [2.45, 2.75) is 18.1 Å². The van der Waals surface area contributed by atoms with E-state index >= 15 is 0 Å². The van der Waals surface area contributed by atoms with Crippen molar-refractivity contribution in [3.05, 3.63) is 65.5 Å². The van der Waals surface area contributed by atoms with Crippen molar-refractivity contribution in [1.82, 2.24) is 15.6 Å². The van der Waals surface area contributed by atoms with Gasteiger partial charge in [0.25, 0.3) is 11.1 Å². The largest absolute Gasteiger partial charge is 0.352 e. The van der Waals surface area contributed by atoms with Gasteiger partial charge in [0.15, 0.2) is 0 Å². The van der Waals surface area contributed by atoms with E-state index in [9.17, 15) is 14.4 Å². The summed E-state index contributed by atoms with van der Waals surface area (Å²) in [4.78, 5) is 38.6. The lowest BCUT2D eigenvalue weighted by Crippen LogP contribution is -2.26. The molecule has 3 amide bonds. The minimum atomic E-state index is -0.350. The fraction of sp³-hybridized carbons (Fsp3) is 0.222. The van der Waals surface area contributed by atoms with Gasteiger partial charge in [0.2, 0.25) is 5.91 Å². The average Bonchev–Trinajstić information content (AvgIpc) is 2.94. The van der Waals surface area contributed by atoms with Crippen molar-refractivity contribution >= 4 is 28.8 Å². The van der Waals surface area contributed by atoms with Crippen LogP contribution in [0.1, 0.15) is 21.5 Å². The number of rotatable bonds is 6. The van der Waals surface area contributed by atoms with Crippen molar-refractivity contribution in [2.75, 3.05) is 6.54 Å². The van der Waals surface area contributed by atoms with Crippen LogP contribution >= 0.6 is 11.8 Å². The van der Waals surface area contributed by atoms with Crippen molar-refractivity contribution in [3.63, 3.8) is 0 Å². The molecule has 2 aromatic rings. The zero-order valence-corrected chi connectivity index (χ0v) is 14.2. The molecule has 3 rings (SSSR count). The summed E-state index contributed by atoms with van der Waals surface area (Å²) < 4.78 is 0. The van der Waals surface area contributed by atoms with E-state index in [4.69, 9.17) is 0 Å². The topological polar surface area (TPSA) is 88.2 Å². The maximum Gasteiger partial charge on any atom is 0.286 e. The lowest BCUT2D eigenvalue weighted by Gasteiger charge is -2.08. The Morgan fingerprint density at radius 1 is 1.16 bits per heavy atom. The quantitative estimate of drug-likeness (QED) is 0.827. The molecule has 7 heteroatoms. The molecule has 1 unspecified atom stereocenters. The molecule has 2 N–H and O–H groups in total. The average molecular weight is 355 g/mol. The molecule has 0 radical (unpaired) electrons. The number of amides is 3. The van der Waals surface area contributed by atoms with Gasteiger partial charge in [-0.3, -0.25) is 24.7 Å². The Hall–Kier alpha value is -2.67. The molecule has 1 aromatic carbocycles. The third kappa shape index (κ3) is 4.67. The van der Waals surface area contributed by atoms with Gasteiger partial charge in [-0.25, -0.2) is 0 Å². The molecule has 1 aromatic heterocycles. The van der Waals surface area contributed by atoms with Gasteiger partial charge in [0, 0.05) is 18.9 Å². The molecule has 1 aliphatic rings. The zero-order valence-electron chi connectivity index (χ0n) is 13.4. The van der Waals surface area contributed by atoms with E-state index < -0.39 is 0 Å². The molecule has 1 atom stereocenters. The fourth-order valence-electron chi connectivity index (χ4n) is 2.50. The Morgan fingerprint density at radius 2 is 1.92 bits per heavy atom. The molecule has 1 aliphatic heterocycles. The van der Waals surface area contributed by atoms with Crippen LogP contribution in [0.5, 0.6) is 0 Å². The monoisotopic (exact) mass is 355 g/mol. The smallest absolute Gasteiger partial charge is 0.286 e. The summed E-state index contributed by atoms with van der Waals surface area (Å²) in [5, 5.41) is 4.52. The molecule has 1 fully saturated rings. The lowest BCUT2D eigenvalue weighted by molar-refractivity contribution is -0.118. The molecular formula is C18H17N3O3S. The van der Waals surface area contributed by atoms with Crippen LogP contribution in [-0.2, 0) is 17.6 Å². The molecule has 25 heavy (non-hydrogen) atoms. The number of thioether (sulfide) groups is 1. The van der Waals surface area contributed by atoms with Crippen molar-refractivity contribution < 1.29 is 14.4 Å². The number of hydrogen-bond acceptors (Lipinski definition) is 5. The number of carbonyl (C=O) groups excluding carboxylic acids is 3. The van der Waals surface area contributed by atoms with Crippen LogP contribution in [0.25, 0.3) is 0 Å².